The molecule has 0 fully saturated rings. The maximum Gasteiger partial charge on any atom is 0.416 e. The number of halogens is 3. The van der Waals surface area contributed by atoms with Crippen molar-refractivity contribution in [1.29, 1.82) is 0 Å². The molecule has 170 valence electrons. The minimum absolute atomic E-state index is 0.0349. The lowest BCUT2D eigenvalue weighted by Crippen LogP contribution is -2.21. The molecule has 32 heavy (non-hydrogen) atoms. The number of alkyl halides is 3. The molecule has 0 aliphatic rings. The van der Waals surface area contributed by atoms with Crippen molar-refractivity contribution in [1.82, 2.24) is 0 Å². The third-order valence-electron chi connectivity index (χ3n) is 3.77. The molecule has 0 saturated heterocycles. The summed E-state index contributed by atoms with van der Waals surface area (Å²) in [5.74, 6) is -1.91. The first-order valence-electron chi connectivity index (χ1n) is 8.87. The minimum atomic E-state index is -4.80. The van der Waals surface area contributed by atoms with E-state index in [-0.39, 0.29) is 18.2 Å². The summed E-state index contributed by atoms with van der Waals surface area (Å²) in [7, 11) is 0. The highest BCUT2D eigenvalue weighted by Gasteiger charge is 2.33. The second kappa shape index (κ2) is 10.2. The van der Waals surface area contributed by atoms with Crippen molar-refractivity contribution >= 4 is 35.0 Å². The molecule has 2 aromatic rings. The van der Waals surface area contributed by atoms with Crippen molar-refractivity contribution in [3.63, 3.8) is 0 Å². The predicted octanol–water partition coefficient (Wildman–Crippen LogP) is 3.98. The maximum absolute atomic E-state index is 12.7. The molecule has 2 amide bonds. The molecule has 0 unspecified atom stereocenters. The van der Waals surface area contributed by atoms with Crippen molar-refractivity contribution in [2.75, 3.05) is 23.8 Å². The zero-order chi connectivity index (χ0) is 23.9. The molecule has 13 heteroatoms. The van der Waals surface area contributed by atoms with Crippen LogP contribution in [-0.2, 0) is 20.4 Å². The highest BCUT2D eigenvalue weighted by atomic mass is 19.4. The number of nitro benzene ring substituents is 1. The Morgan fingerprint density at radius 1 is 1.03 bits per heavy atom. The van der Waals surface area contributed by atoms with Gasteiger partial charge >= 0.3 is 18.2 Å². The van der Waals surface area contributed by atoms with Gasteiger partial charge in [-0.1, -0.05) is 0 Å². The van der Waals surface area contributed by atoms with Gasteiger partial charge in [0.1, 0.15) is 5.69 Å². The van der Waals surface area contributed by atoms with Gasteiger partial charge in [-0.05, 0) is 43.3 Å². The number of carbonyl (C=O) groups excluding carboxylic acids is 3. The second-order valence-electron chi connectivity index (χ2n) is 6.03. The lowest BCUT2D eigenvalue weighted by atomic mass is 10.1. The number of anilines is 2. The topological polar surface area (TPSA) is 137 Å². The number of nitrogens with one attached hydrogen (secondary N) is 2. The Morgan fingerprint density at radius 2 is 1.69 bits per heavy atom. The van der Waals surface area contributed by atoms with Crippen LogP contribution in [0.4, 0.5) is 35.0 Å². The van der Waals surface area contributed by atoms with E-state index in [1.165, 1.54) is 24.3 Å². The van der Waals surface area contributed by atoms with Gasteiger partial charge in [0.15, 0.2) is 6.61 Å². The third kappa shape index (κ3) is 6.68. The fourth-order valence-corrected chi connectivity index (χ4v) is 2.34. The Bertz CT molecular complexity index is 1020. The van der Waals surface area contributed by atoms with E-state index in [1.54, 1.807) is 6.92 Å². The van der Waals surface area contributed by atoms with E-state index in [4.69, 9.17) is 9.47 Å². The van der Waals surface area contributed by atoms with E-state index in [9.17, 15) is 37.7 Å². The number of amides is 2. The van der Waals surface area contributed by atoms with Gasteiger partial charge in [-0.15, -0.1) is 0 Å². The Morgan fingerprint density at radius 3 is 2.25 bits per heavy atom. The summed E-state index contributed by atoms with van der Waals surface area (Å²) in [4.78, 5) is 45.2. The van der Waals surface area contributed by atoms with Crippen LogP contribution < -0.4 is 10.6 Å². The van der Waals surface area contributed by atoms with Gasteiger partial charge in [-0.3, -0.25) is 20.2 Å². The molecule has 10 nitrogen and oxygen atoms in total. The average Bonchev–Trinajstić information content (AvgIpc) is 2.72. The Balaban J connectivity index is 1.97. The van der Waals surface area contributed by atoms with Crippen LogP contribution in [0.15, 0.2) is 42.5 Å². The van der Waals surface area contributed by atoms with Crippen molar-refractivity contribution in [3.05, 3.63) is 63.7 Å². The monoisotopic (exact) mass is 455 g/mol. The van der Waals surface area contributed by atoms with Gasteiger partial charge in [-0.25, -0.2) is 9.59 Å². The number of nitrogens with zero attached hydrogens (tertiary/aromatic N) is 1. The molecule has 0 aliphatic carbocycles. The van der Waals surface area contributed by atoms with Crippen molar-refractivity contribution in [2.24, 2.45) is 0 Å². The van der Waals surface area contributed by atoms with E-state index in [1.807, 2.05) is 5.32 Å². The normalized spacial score (nSPS) is 10.8. The van der Waals surface area contributed by atoms with E-state index < -0.39 is 52.6 Å². The van der Waals surface area contributed by atoms with E-state index in [2.05, 4.69) is 5.32 Å². The van der Waals surface area contributed by atoms with Gasteiger partial charge in [-0.2, -0.15) is 13.2 Å². The number of hydrogen-bond donors (Lipinski definition) is 2. The summed E-state index contributed by atoms with van der Waals surface area (Å²) >= 11 is 0. The van der Waals surface area contributed by atoms with Gasteiger partial charge in [0.05, 0.1) is 22.7 Å². The van der Waals surface area contributed by atoms with Crippen molar-refractivity contribution in [3.8, 4) is 0 Å². The molecule has 0 radical (unpaired) electrons. The van der Waals surface area contributed by atoms with E-state index >= 15 is 0 Å². The zero-order valence-corrected chi connectivity index (χ0v) is 16.4. The number of hydrogen-bond acceptors (Lipinski definition) is 7. The first-order valence-corrected chi connectivity index (χ1v) is 8.87. The fraction of sp³-hybridized carbons (Fsp3) is 0.211. The molecular formula is C19H16F3N3O7. The standard InChI is InChI=1S/C19H16F3N3O7/c1-2-31-18(28)23-13-6-3-11(4-7-13)17(27)32-10-16(26)24-14-8-5-12(19(20,21)22)9-15(14)25(29)30/h3-9H,2,10H2,1H3,(H,23,28)(H,24,26). The maximum atomic E-state index is 12.7. The Kier molecular flexibility index (Phi) is 7.71. The summed E-state index contributed by atoms with van der Waals surface area (Å²) in [5.41, 5.74) is -2.34. The molecule has 0 saturated carbocycles. The lowest BCUT2D eigenvalue weighted by molar-refractivity contribution is -0.384. The molecule has 0 atom stereocenters. The third-order valence-corrected chi connectivity index (χ3v) is 3.77. The predicted molar refractivity (Wildman–Crippen MR) is 104 cm³/mol. The Hall–Kier alpha value is -4.16. The second-order valence-corrected chi connectivity index (χ2v) is 6.03. The van der Waals surface area contributed by atoms with Crippen LogP contribution in [0, 0.1) is 10.1 Å². The highest BCUT2D eigenvalue weighted by molar-refractivity contribution is 5.97. The highest BCUT2D eigenvalue weighted by Crippen LogP contribution is 2.34. The molecule has 0 aliphatic heterocycles. The van der Waals surface area contributed by atoms with Gasteiger partial charge in [0.2, 0.25) is 0 Å². The first kappa shape index (κ1) is 24.1. The summed E-state index contributed by atoms with van der Waals surface area (Å²) in [6.07, 6.45) is -5.48. The molecule has 0 spiro atoms. The molecule has 0 bridgehead atoms. The van der Waals surface area contributed by atoms with Crippen LogP contribution in [0.3, 0.4) is 0 Å². The summed E-state index contributed by atoms with van der Waals surface area (Å²) in [5, 5.41) is 15.5. The number of nitro groups is 1. The number of rotatable bonds is 7. The van der Waals surface area contributed by atoms with Gasteiger partial charge in [0, 0.05) is 11.8 Å². The number of benzene rings is 2. The van der Waals surface area contributed by atoms with Gasteiger partial charge < -0.3 is 14.8 Å². The van der Waals surface area contributed by atoms with E-state index in [0.717, 1.165) is 6.07 Å². The molecule has 2 N–H and O–H groups in total. The van der Waals surface area contributed by atoms with Crippen LogP contribution >= 0.6 is 0 Å². The first-order chi connectivity index (χ1) is 15.0. The largest absolute Gasteiger partial charge is 0.452 e. The molecule has 0 heterocycles. The van der Waals surface area contributed by atoms with Crippen LogP contribution in [0.2, 0.25) is 0 Å². The quantitative estimate of drug-likeness (QED) is 0.366. The van der Waals surface area contributed by atoms with Crippen molar-refractivity contribution < 1.29 is 42.0 Å². The number of ether oxygens (including phenoxy) is 2. The Labute approximate surface area is 178 Å². The lowest BCUT2D eigenvalue weighted by Gasteiger charge is -2.10. The van der Waals surface area contributed by atoms with Crippen LogP contribution in [0.25, 0.3) is 0 Å². The number of esters is 1. The summed E-state index contributed by atoms with van der Waals surface area (Å²) < 4.78 is 47.7. The van der Waals surface area contributed by atoms with Gasteiger partial charge in [0.25, 0.3) is 11.6 Å². The number of carbonyl (C=O) groups is 3. The smallest absolute Gasteiger partial charge is 0.416 e. The SMILES string of the molecule is CCOC(=O)Nc1ccc(C(=O)OCC(=O)Nc2ccc(C(F)(F)F)cc2[N+](=O)[O-])cc1. The molecule has 2 aromatic carbocycles. The fourth-order valence-electron chi connectivity index (χ4n) is 2.34. The van der Waals surface area contributed by atoms with Crippen LogP contribution in [0.1, 0.15) is 22.8 Å². The molecule has 2 rings (SSSR count). The molecular weight excluding hydrogens is 439 g/mol. The van der Waals surface area contributed by atoms with E-state index in [0.29, 0.717) is 11.8 Å². The molecule has 0 aromatic heterocycles. The summed E-state index contributed by atoms with van der Waals surface area (Å²) in [6.45, 7) is 0.957. The van der Waals surface area contributed by atoms with Crippen LogP contribution in [0.5, 0.6) is 0 Å². The average molecular weight is 455 g/mol. The van der Waals surface area contributed by atoms with Crippen LogP contribution in [-0.4, -0.2) is 36.1 Å². The zero-order valence-electron chi connectivity index (χ0n) is 16.4. The summed E-state index contributed by atoms with van der Waals surface area (Å²) in [6, 6.07) is 6.98. The minimum Gasteiger partial charge on any atom is -0.452 e. The van der Waals surface area contributed by atoms with Crippen molar-refractivity contribution in [2.45, 2.75) is 13.1 Å².